The number of rotatable bonds is 5. The van der Waals surface area contributed by atoms with E-state index in [0.29, 0.717) is 5.92 Å². The first-order valence-electron chi connectivity index (χ1n) is 7.18. The molecule has 1 aromatic heterocycles. The third-order valence-electron chi connectivity index (χ3n) is 3.77. The van der Waals surface area contributed by atoms with E-state index in [-0.39, 0.29) is 17.7 Å². The van der Waals surface area contributed by atoms with Crippen LogP contribution in [0.2, 0.25) is 0 Å². The van der Waals surface area contributed by atoms with Gasteiger partial charge in [-0.2, -0.15) is 0 Å². The zero-order valence-corrected chi connectivity index (χ0v) is 12.2. The molecule has 0 unspecified atom stereocenters. The molecular weight excluding hydrogens is 292 g/mol. The minimum Gasteiger partial charge on any atom is -0.450 e. The number of ether oxygens (including phenoxy) is 1. The molecule has 1 aliphatic rings. The van der Waals surface area contributed by atoms with Crippen molar-refractivity contribution in [2.24, 2.45) is 5.92 Å². The van der Waals surface area contributed by atoms with E-state index in [2.05, 4.69) is 12.2 Å². The van der Waals surface area contributed by atoms with Crippen molar-refractivity contribution in [3.05, 3.63) is 28.0 Å². The summed E-state index contributed by atoms with van der Waals surface area (Å²) in [7, 11) is 0. The maximum absolute atomic E-state index is 11.8. The number of nitrogens with one attached hydrogen (secondary N) is 1. The topological polar surface area (TPSA) is 112 Å². The normalized spacial score (nSPS) is 21.1. The Morgan fingerprint density at radius 3 is 2.77 bits per heavy atom. The first-order chi connectivity index (χ1) is 10.5. The Kier molecular flexibility index (Phi) is 5.13. The summed E-state index contributed by atoms with van der Waals surface area (Å²) in [6, 6.07) is 2.30. The predicted octanol–water partition coefficient (Wildman–Crippen LogP) is 2.04. The van der Waals surface area contributed by atoms with Gasteiger partial charge in [0.2, 0.25) is 5.76 Å². The van der Waals surface area contributed by atoms with Crippen molar-refractivity contribution < 1.29 is 23.7 Å². The molecule has 8 heteroatoms. The van der Waals surface area contributed by atoms with Crippen LogP contribution < -0.4 is 5.32 Å². The highest BCUT2D eigenvalue weighted by atomic mass is 16.7. The van der Waals surface area contributed by atoms with Crippen LogP contribution >= 0.6 is 0 Å². The maximum Gasteiger partial charge on any atom is 0.433 e. The van der Waals surface area contributed by atoms with E-state index in [0.717, 1.165) is 31.4 Å². The van der Waals surface area contributed by atoms with Crippen molar-refractivity contribution >= 4 is 17.8 Å². The number of amides is 1. The monoisotopic (exact) mass is 310 g/mol. The molecule has 1 heterocycles. The van der Waals surface area contributed by atoms with Crippen molar-refractivity contribution in [2.75, 3.05) is 6.61 Å². The molecule has 1 fully saturated rings. The maximum atomic E-state index is 11.8. The summed E-state index contributed by atoms with van der Waals surface area (Å²) in [5, 5.41) is 13.3. The van der Waals surface area contributed by atoms with Crippen LogP contribution in [0.15, 0.2) is 16.5 Å². The van der Waals surface area contributed by atoms with Gasteiger partial charge in [0.25, 0.3) is 5.91 Å². The molecular formula is C14H18N2O6. The van der Waals surface area contributed by atoms with Crippen LogP contribution in [0.4, 0.5) is 5.88 Å². The quantitative estimate of drug-likeness (QED) is 0.506. The van der Waals surface area contributed by atoms with Crippen molar-refractivity contribution in [3.63, 3.8) is 0 Å². The lowest BCUT2D eigenvalue weighted by atomic mass is 9.86. The SMILES string of the molecule is C[C@H]1CCCC[C@@H]1NC(=O)COC(=O)c1ccc([N+](=O)[O-])o1. The summed E-state index contributed by atoms with van der Waals surface area (Å²) in [5.74, 6) is -1.73. The Bertz CT molecular complexity index is 567. The molecule has 0 radical (unpaired) electrons. The van der Waals surface area contributed by atoms with Gasteiger partial charge in [0, 0.05) is 6.04 Å². The number of nitrogens with zero attached hydrogens (tertiary/aromatic N) is 1. The van der Waals surface area contributed by atoms with E-state index >= 15 is 0 Å². The molecule has 120 valence electrons. The molecule has 1 aliphatic carbocycles. The Balaban J connectivity index is 1.79. The smallest absolute Gasteiger partial charge is 0.433 e. The number of furan rings is 1. The second kappa shape index (κ2) is 7.06. The number of hydrogen-bond acceptors (Lipinski definition) is 6. The average molecular weight is 310 g/mol. The summed E-state index contributed by atoms with van der Waals surface area (Å²) in [6.07, 6.45) is 4.23. The highest BCUT2D eigenvalue weighted by Gasteiger charge is 2.24. The summed E-state index contributed by atoms with van der Waals surface area (Å²) in [5.41, 5.74) is 0. The number of esters is 1. The van der Waals surface area contributed by atoms with Gasteiger partial charge >= 0.3 is 11.9 Å². The fraction of sp³-hybridized carbons (Fsp3) is 0.571. The van der Waals surface area contributed by atoms with E-state index in [1.165, 1.54) is 6.42 Å². The molecule has 8 nitrogen and oxygen atoms in total. The first kappa shape index (κ1) is 16.0. The third kappa shape index (κ3) is 4.06. The predicted molar refractivity (Wildman–Crippen MR) is 75.2 cm³/mol. The largest absolute Gasteiger partial charge is 0.450 e. The number of nitro groups is 1. The Labute approximate surface area is 127 Å². The summed E-state index contributed by atoms with van der Waals surface area (Å²) in [6.45, 7) is 1.65. The molecule has 1 aromatic rings. The Hall–Kier alpha value is -2.38. The van der Waals surface area contributed by atoms with Crippen molar-refractivity contribution in [2.45, 2.75) is 38.6 Å². The fourth-order valence-electron chi connectivity index (χ4n) is 2.52. The lowest BCUT2D eigenvalue weighted by Gasteiger charge is -2.29. The molecule has 1 amide bonds. The van der Waals surface area contributed by atoms with Gasteiger partial charge in [0.05, 0.1) is 6.07 Å². The summed E-state index contributed by atoms with van der Waals surface area (Å²) in [4.78, 5) is 33.1. The molecule has 0 aromatic carbocycles. The minimum absolute atomic E-state index is 0.102. The molecule has 0 bridgehead atoms. The molecule has 0 aliphatic heterocycles. The molecule has 2 rings (SSSR count). The zero-order valence-electron chi connectivity index (χ0n) is 12.2. The van der Waals surface area contributed by atoms with Gasteiger partial charge in [-0.1, -0.05) is 19.8 Å². The van der Waals surface area contributed by atoms with Crippen molar-refractivity contribution in [1.29, 1.82) is 0 Å². The van der Waals surface area contributed by atoms with Gasteiger partial charge in [-0.25, -0.2) is 4.79 Å². The van der Waals surface area contributed by atoms with Gasteiger partial charge in [-0.3, -0.25) is 14.9 Å². The minimum atomic E-state index is -0.903. The van der Waals surface area contributed by atoms with Crippen molar-refractivity contribution in [3.8, 4) is 0 Å². The van der Waals surface area contributed by atoms with Crippen LogP contribution in [0, 0.1) is 16.0 Å². The fourth-order valence-corrected chi connectivity index (χ4v) is 2.52. The zero-order chi connectivity index (χ0) is 16.1. The molecule has 22 heavy (non-hydrogen) atoms. The third-order valence-corrected chi connectivity index (χ3v) is 3.77. The average Bonchev–Trinajstić information content (AvgIpc) is 2.97. The number of hydrogen-bond donors (Lipinski definition) is 1. The standard InChI is InChI=1S/C14H18N2O6/c1-9-4-2-3-5-10(9)15-12(17)8-21-14(18)11-6-7-13(22-11)16(19)20/h6-7,9-10H,2-5,8H2,1H3,(H,15,17)/t9-,10-/m0/s1. The van der Waals surface area contributed by atoms with Crippen LogP contribution in [0.1, 0.15) is 43.2 Å². The van der Waals surface area contributed by atoms with Crippen LogP contribution in [-0.4, -0.2) is 29.4 Å². The lowest BCUT2D eigenvalue weighted by molar-refractivity contribution is -0.402. The van der Waals surface area contributed by atoms with Crippen LogP contribution in [-0.2, 0) is 9.53 Å². The molecule has 1 saturated carbocycles. The summed E-state index contributed by atoms with van der Waals surface area (Å²) >= 11 is 0. The molecule has 0 spiro atoms. The van der Waals surface area contributed by atoms with Gasteiger partial charge in [0.15, 0.2) is 6.61 Å². The van der Waals surface area contributed by atoms with Gasteiger partial charge in [-0.15, -0.1) is 0 Å². The molecule has 1 N–H and O–H groups in total. The Morgan fingerprint density at radius 2 is 2.14 bits per heavy atom. The molecule has 0 saturated heterocycles. The first-order valence-corrected chi connectivity index (χ1v) is 7.18. The Morgan fingerprint density at radius 1 is 1.41 bits per heavy atom. The van der Waals surface area contributed by atoms with Crippen molar-refractivity contribution in [1.82, 2.24) is 5.32 Å². The second-order valence-electron chi connectivity index (χ2n) is 5.41. The van der Waals surface area contributed by atoms with E-state index in [1.54, 1.807) is 0 Å². The van der Waals surface area contributed by atoms with E-state index in [9.17, 15) is 19.7 Å². The molecule has 2 atom stereocenters. The number of carbonyl (C=O) groups excluding carboxylic acids is 2. The van der Waals surface area contributed by atoms with Crippen LogP contribution in [0.5, 0.6) is 0 Å². The van der Waals surface area contributed by atoms with E-state index in [1.807, 2.05) is 0 Å². The summed E-state index contributed by atoms with van der Waals surface area (Å²) < 4.78 is 9.49. The van der Waals surface area contributed by atoms with E-state index in [4.69, 9.17) is 9.15 Å². The van der Waals surface area contributed by atoms with Gasteiger partial charge < -0.3 is 14.5 Å². The second-order valence-corrected chi connectivity index (χ2v) is 5.41. The lowest BCUT2D eigenvalue weighted by Crippen LogP contribution is -2.42. The highest BCUT2D eigenvalue weighted by molar-refractivity contribution is 5.89. The van der Waals surface area contributed by atoms with E-state index < -0.39 is 23.4 Å². The highest BCUT2D eigenvalue weighted by Crippen LogP contribution is 2.23. The van der Waals surface area contributed by atoms with Gasteiger partial charge in [0.1, 0.15) is 4.92 Å². The van der Waals surface area contributed by atoms with Crippen LogP contribution in [0.25, 0.3) is 0 Å². The number of carbonyl (C=O) groups is 2. The van der Waals surface area contributed by atoms with Gasteiger partial charge in [-0.05, 0) is 24.8 Å². The van der Waals surface area contributed by atoms with Crippen LogP contribution in [0.3, 0.4) is 0 Å².